The summed E-state index contributed by atoms with van der Waals surface area (Å²) in [6.07, 6.45) is 1.67. The predicted octanol–water partition coefficient (Wildman–Crippen LogP) is 2.62. The SMILES string of the molecule is Cc1c(N(C(=O)O)C(C)(C)C)ccc2nc(N[C@@H](CCS(C)(=O)=O)C(=O)N3CCCC3)oc(=O)c12. The lowest BCUT2D eigenvalue weighted by atomic mass is 10.0. The normalized spacial score (nSPS) is 15.3. The molecule has 1 atom stereocenters. The number of amides is 2. The van der Waals surface area contributed by atoms with Crippen LogP contribution in [0.3, 0.4) is 0 Å². The third-order valence-corrected chi connectivity index (χ3v) is 6.90. The number of nitrogens with one attached hydrogen (secondary N) is 1. The van der Waals surface area contributed by atoms with Crippen LogP contribution in [-0.4, -0.2) is 72.1 Å². The molecule has 1 aromatic carbocycles. The Labute approximate surface area is 204 Å². The third kappa shape index (κ3) is 6.11. The number of carboxylic acid groups (broad SMARTS) is 1. The summed E-state index contributed by atoms with van der Waals surface area (Å²) in [6.45, 7) is 8.02. The van der Waals surface area contributed by atoms with Crippen LogP contribution >= 0.6 is 0 Å². The summed E-state index contributed by atoms with van der Waals surface area (Å²) in [5.74, 6) is -0.493. The van der Waals surface area contributed by atoms with E-state index in [4.69, 9.17) is 4.42 Å². The van der Waals surface area contributed by atoms with Crippen LogP contribution in [0.1, 0.15) is 45.6 Å². The number of carbonyl (C=O) groups is 2. The Balaban J connectivity index is 1.99. The van der Waals surface area contributed by atoms with Gasteiger partial charge in [0, 0.05) is 24.9 Å². The quantitative estimate of drug-likeness (QED) is 0.575. The maximum Gasteiger partial charge on any atom is 0.412 e. The smallest absolute Gasteiger partial charge is 0.412 e. The Kier molecular flexibility index (Phi) is 7.44. The zero-order valence-electron chi connectivity index (χ0n) is 20.6. The van der Waals surface area contributed by atoms with Crippen LogP contribution in [0.25, 0.3) is 10.9 Å². The molecule has 1 aromatic heterocycles. The number of hydrogen-bond acceptors (Lipinski definition) is 8. The first-order chi connectivity index (χ1) is 16.2. The molecule has 1 fully saturated rings. The molecule has 2 N–H and O–H groups in total. The van der Waals surface area contributed by atoms with Crippen molar-refractivity contribution in [2.45, 2.75) is 58.5 Å². The van der Waals surface area contributed by atoms with Gasteiger partial charge < -0.3 is 19.7 Å². The van der Waals surface area contributed by atoms with E-state index >= 15 is 0 Å². The van der Waals surface area contributed by atoms with E-state index in [0.717, 1.165) is 19.1 Å². The number of aromatic nitrogens is 1. The molecule has 1 saturated heterocycles. The maximum absolute atomic E-state index is 13.0. The molecule has 35 heavy (non-hydrogen) atoms. The van der Waals surface area contributed by atoms with Gasteiger partial charge in [-0.2, -0.15) is 4.98 Å². The van der Waals surface area contributed by atoms with Crippen molar-refractivity contribution < 1.29 is 27.5 Å². The Morgan fingerprint density at radius 2 is 1.89 bits per heavy atom. The molecule has 2 heterocycles. The van der Waals surface area contributed by atoms with Gasteiger partial charge in [-0.3, -0.25) is 9.69 Å². The summed E-state index contributed by atoms with van der Waals surface area (Å²) in [6, 6.07) is 1.96. The number of fused-ring (bicyclic) bond motifs is 1. The summed E-state index contributed by atoms with van der Waals surface area (Å²) in [5.41, 5.74) is -0.509. The van der Waals surface area contributed by atoms with E-state index in [2.05, 4.69) is 10.3 Å². The number of carbonyl (C=O) groups excluding carboxylic acids is 1. The zero-order chi connectivity index (χ0) is 26.1. The molecule has 0 spiro atoms. The number of nitrogens with zero attached hydrogens (tertiary/aromatic N) is 3. The van der Waals surface area contributed by atoms with Gasteiger partial charge >= 0.3 is 11.7 Å². The van der Waals surface area contributed by atoms with Gasteiger partial charge in [-0.15, -0.1) is 0 Å². The van der Waals surface area contributed by atoms with Gasteiger partial charge in [0.25, 0.3) is 6.01 Å². The van der Waals surface area contributed by atoms with Crippen LogP contribution in [0, 0.1) is 6.92 Å². The van der Waals surface area contributed by atoms with Crippen LogP contribution in [0.5, 0.6) is 0 Å². The van der Waals surface area contributed by atoms with E-state index in [0.29, 0.717) is 24.3 Å². The van der Waals surface area contributed by atoms with E-state index in [1.807, 2.05) is 0 Å². The molecule has 192 valence electrons. The summed E-state index contributed by atoms with van der Waals surface area (Å²) in [5, 5.41) is 12.7. The first-order valence-corrected chi connectivity index (χ1v) is 13.5. The van der Waals surface area contributed by atoms with Crippen LogP contribution in [0.4, 0.5) is 16.5 Å². The summed E-state index contributed by atoms with van der Waals surface area (Å²) in [7, 11) is -3.33. The Hall–Kier alpha value is -3.15. The average molecular weight is 509 g/mol. The molecule has 0 unspecified atom stereocenters. The fourth-order valence-electron chi connectivity index (χ4n) is 4.26. The molecule has 2 amide bonds. The monoisotopic (exact) mass is 508 g/mol. The number of sulfone groups is 1. The minimum absolute atomic E-state index is 0.00524. The van der Waals surface area contributed by atoms with Gasteiger partial charge in [-0.25, -0.2) is 18.0 Å². The second-order valence-electron chi connectivity index (χ2n) is 9.85. The minimum atomic E-state index is -3.33. The van der Waals surface area contributed by atoms with Crippen LogP contribution < -0.4 is 15.8 Å². The van der Waals surface area contributed by atoms with Gasteiger partial charge in [-0.05, 0) is 64.7 Å². The number of anilines is 2. The van der Waals surface area contributed by atoms with E-state index < -0.39 is 33.1 Å². The number of hydrogen-bond donors (Lipinski definition) is 2. The third-order valence-electron chi connectivity index (χ3n) is 5.92. The van der Waals surface area contributed by atoms with Crippen LogP contribution in [0.15, 0.2) is 21.3 Å². The van der Waals surface area contributed by atoms with E-state index in [9.17, 15) is 27.9 Å². The zero-order valence-corrected chi connectivity index (χ0v) is 21.4. The van der Waals surface area contributed by atoms with Crippen molar-refractivity contribution >= 4 is 44.4 Å². The predicted molar refractivity (Wildman–Crippen MR) is 133 cm³/mol. The minimum Gasteiger partial charge on any atom is -0.465 e. The molecule has 3 rings (SSSR count). The molecule has 0 saturated carbocycles. The van der Waals surface area contributed by atoms with Crippen molar-refractivity contribution in [3.05, 3.63) is 28.1 Å². The maximum atomic E-state index is 13.0. The Morgan fingerprint density at radius 3 is 2.43 bits per heavy atom. The molecule has 12 heteroatoms. The highest BCUT2D eigenvalue weighted by molar-refractivity contribution is 7.90. The lowest BCUT2D eigenvalue weighted by Gasteiger charge is -2.34. The van der Waals surface area contributed by atoms with E-state index in [-0.39, 0.29) is 35.0 Å². The van der Waals surface area contributed by atoms with Gasteiger partial charge in [0.05, 0.1) is 22.3 Å². The Morgan fingerprint density at radius 1 is 1.26 bits per heavy atom. The van der Waals surface area contributed by atoms with Crippen molar-refractivity contribution in [1.29, 1.82) is 0 Å². The number of aryl methyl sites for hydroxylation is 1. The molecular weight excluding hydrogens is 476 g/mol. The van der Waals surface area contributed by atoms with Crippen LogP contribution in [0.2, 0.25) is 0 Å². The van der Waals surface area contributed by atoms with Crippen molar-refractivity contribution in [3.63, 3.8) is 0 Å². The highest BCUT2D eigenvalue weighted by Gasteiger charge is 2.31. The van der Waals surface area contributed by atoms with Gasteiger partial charge in [0.1, 0.15) is 15.9 Å². The van der Waals surface area contributed by atoms with Crippen molar-refractivity contribution in [3.8, 4) is 0 Å². The van der Waals surface area contributed by atoms with Gasteiger partial charge in [0.2, 0.25) is 5.91 Å². The molecular formula is C23H32N4O7S. The molecule has 0 aliphatic carbocycles. The lowest BCUT2D eigenvalue weighted by Crippen LogP contribution is -2.45. The second-order valence-corrected chi connectivity index (χ2v) is 12.1. The van der Waals surface area contributed by atoms with Crippen molar-refractivity contribution in [2.75, 3.05) is 35.3 Å². The molecule has 0 radical (unpaired) electrons. The molecule has 1 aliphatic heterocycles. The second kappa shape index (κ2) is 9.84. The van der Waals surface area contributed by atoms with Gasteiger partial charge in [-0.1, -0.05) is 0 Å². The molecule has 1 aliphatic rings. The summed E-state index contributed by atoms with van der Waals surface area (Å²) in [4.78, 5) is 45.0. The highest BCUT2D eigenvalue weighted by Crippen LogP contribution is 2.31. The number of rotatable bonds is 7. The number of benzene rings is 1. The molecule has 0 bridgehead atoms. The van der Waals surface area contributed by atoms with E-state index in [1.54, 1.807) is 38.7 Å². The molecule has 2 aromatic rings. The van der Waals surface area contributed by atoms with E-state index in [1.165, 1.54) is 11.0 Å². The fraction of sp³-hybridized carbons (Fsp3) is 0.565. The van der Waals surface area contributed by atoms with Crippen molar-refractivity contribution in [1.82, 2.24) is 9.88 Å². The van der Waals surface area contributed by atoms with Crippen molar-refractivity contribution in [2.24, 2.45) is 0 Å². The summed E-state index contributed by atoms with van der Waals surface area (Å²) >= 11 is 0. The topological polar surface area (TPSA) is 150 Å². The Bertz CT molecular complexity index is 1290. The van der Waals surface area contributed by atoms with Crippen LogP contribution in [-0.2, 0) is 14.6 Å². The largest absolute Gasteiger partial charge is 0.465 e. The fourth-order valence-corrected chi connectivity index (χ4v) is 4.92. The first kappa shape index (κ1) is 26.5. The molecule has 11 nitrogen and oxygen atoms in total. The summed E-state index contributed by atoms with van der Waals surface area (Å²) < 4.78 is 28.8. The number of likely N-dealkylation sites (tertiary alicyclic amines) is 1. The standard InChI is InChI=1S/C23H32N4O7S/c1-14-17(27(22(30)31)23(2,3)4)9-8-15-18(14)20(29)34-21(24-15)25-16(10-13-35(5,32)33)19(28)26-11-6-7-12-26/h8-9,16H,6-7,10-13H2,1-5H3,(H,24,25)(H,30,31)/t16-/m0/s1. The van der Waals surface area contributed by atoms with Gasteiger partial charge in [0.15, 0.2) is 0 Å². The lowest BCUT2D eigenvalue weighted by molar-refractivity contribution is -0.131. The first-order valence-electron chi connectivity index (χ1n) is 11.4. The highest BCUT2D eigenvalue weighted by atomic mass is 32.2. The average Bonchev–Trinajstić information content (AvgIpc) is 3.25.